The van der Waals surface area contributed by atoms with Crippen LogP contribution in [-0.4, -0.2) is 23.3 Å². The van der Waals surface area contributed by atoms with E-state index < -0.39 is 5.91 Å². The molecule has 3 N–H and O–H groups in total. The van der Waals surface area contributed by atoms with Crippen molar-refractivity contribution in [3.63, 3.8) is 0 Å². The van der Waals surface area contributed by atoms with Crippen molar-refractivity contribution in [1.29, 1.82) is 0 Å². The molecule has 0 aliphatic heterocycles. The minimum absolute atomic E-state index is 0.162. The number of hydrogen-bond donors (Lipinski definition) is 2. The summed E-state index contributed by atoms with van der Waals surface area (Å²) in [6.07, 6.45) is 0. The van der Waals surface area contributed by atoms with Crippen LogP contribution in [-0.2, 0) is 4.79 Å². The first-order valence-corrected chi connectivity index (χ1v) is 6.85. The van der Waals surface area contributed by atoms with Gasteiger partial charge < -0.3 is 11.1 Å². The largest absolute Gasteiger partial charge is 0.368 e. The van der Waals surface area contributed by atoms with E-state index in [1.807, 2.05) is 17.5 Å². The molecule has 0 aliphatic rings. The van der Waals surface area contributed by atoms with Gasteiger partial charge in [-0.25, -0.2) is 4.98 Å². The van der Waals surface area contributed by atoms with Crippen molar-refractivity contribution in [1.82, 2.24) is 10.3 Å². The molecule has 2 heterocycles. The number of aromatic nitrogens is 1. The molecular formula is C11H11N3O2S2. The first-order chi connectivity index (χ1) is 8.58. The minimum atomic E-state index is -0.566. The number of hydrogen-bond acceptors (Lipinski definition) is 5. The lowest BCUT2D eigenvalue weighted by atomic mass is 10.3. The molecule has 5 nitrogen and oxygen atoms in total. The fourth-order valence-corrected chi connectivity index (χ4v) is 3.14. The minimum Gasteiger partial charge on any atom is -0.368 e. The van der Waals surface area contributed by atoms with Gasteiger partial charge in [-0.3, -0.25) is 9.59 Å². The van der Waals surface area contributed by atoms with E-state index in [2.05, 4.69) is 10.3 Å². The number of rotatable bonds is 4. The third kappa shape index (κ3) is 2.74. The first-order valence-electron chi connectivity index (χ1n) is 5.15. The Kier molecular flexibility index (Phi) is 3.73. The second-order valence-corrected chi connectivity index (χ2v) is 5.51. The van der Waals surface area contributed by atoms with Crippen molar-refractivity contribution in [2.45, 2.75) is 6.92 Å². The first kappa shape index (κ1) is 12.7. The van der Waals surface area contributed by atoms with Gasteiger partial charge in [0.15, 0.2) is 0 Å². The van der Waals surface area contributed by atoms with E-state index >= 15 is 0 Å². The number of thiophene rings is 1. The lowest BCUT2D eigenvalue weighted by molar-refractivity contribution is -0.117. The van der Waals surface area contributed by atoms with Crippen LogP contribution in [0.4, 0.5) is 0 Å². The molecule has 18 heavy (non-hydrogen) atoms. The van der Waals surface area contributed by atoms with E-state index in [0.717, 1.165) is 9.88 Å². The van der Waals surface area contributed by atoms with Crippen LogP contribution in [0.25, 0.3) is 9.88 Å². The summed E-state index contributed by atoms with van der Waals surface area (Å²) in [5, 5.41) is 5.23. The predicted octanol–water partition coefficient (Wildman–Crippen LogP) is 1.40. The van der Waals surface area contributed by atoms with Crippen LogP contribution in [0.15, 0.2) is 17.5 Å². The third-order valence-corrected chi connectivity index (χ3v) is 4.35. The number of nitrogens with two attached hydrogens (primary N) is 1. The van der Waals surface area contributed by atoms with E-state index in [1.54, 1.807) is 18.3 Å². The van der Waals surface area contributed by atoms with Crippen LogP contribution < -0.4 is 11.1 Å². The van der Waals surface area contributed by atoms with Crippen molar-refractivity contribution < 1.29 is 9.59 Å². The van der Waals surface area contributed by atoms with Crippen LogP contribution in [0.5, 0.6) is 0 Å². The van der Waals surface area contributed by atoms with Gasteiger partial charge in [-0.05, 0) is 18.4 Å². The van der Waals surface area contributed by atoms with E-state index in [4.69, 9.17) is 5.73 Å². The Morgan fingerprint density at radius 3 is 2.89 bits per heavy atom. The Morgan fingerprint density at radius 2 is 2.28 bits per heavy atom. The fourth-order valence-electron chi connectivity index (χ4n) is 1.36. The maximum atomic E-state index is 11.8. The maximum absolute atomic E-state index is 11.8. The molecule has 0 atom stereocenters. The number of carbonyl (C=O) groups excluding carboxylic acids is 2. The molecule has 0 aliphatic carbocycles. The van der Waals surface area contributed by atoms with Crippen molar-refractivity contribution in [3.8, 4) is 9.88 Å². The average Bonchev–Trinajstić information content (AvgIpc) is 2.94. The van der Waals surface area contributed by atoms with Crippen LogP contribution in [0.1, 0.15) is 15.4 Å². The van der Waals surface area contributed by atoms with Crippen LogP contribution in [0.2, 0.25) is 0 Å². The highest BCUT2D eigenvalue weighted by atomic mass is 32.1. The number of amides is 2. The van der Waals surface area contributed by atoms with E-state index in [1.165, 1.54) is 11.3 Å². The lowest BCUT2D eigenvalue weighted by Gasteiger charge is -1.99. The Balaban J connectivity index is 2.19. The lowest BCUT2D eigenvalue weighted by Crippen LogP contribution is -2.33. The van der Waals surface area contributed by atoms with Gasteiger partial charge in [-0.15, -0.1) is 22.7 Å². The van der Waals surface area contributed by atoms with Crippen molar-refractivity contribution in [2.75, 3.05) is 6.54 Å². The summed E-state index contributed by atoms with van der Waals surface area (Å²) in [4.78, 5) is 28.3. The summed E-state index contributed by atoms with van der Waals surface area (Å²) in [5.41, 5.74) is 5.63. The molecule has 0 saturated carbocycles. The highest BCUT2D eigenvalue weighted by molar-refractivity contribution is 7.22. The molecule has 0 spiro atoms. The zero-order valence-electron chi connectivity index (χ0n) is 9.60. The maximum Gasteiger partial charge on any atom is 0.263 e. The number of primary amides is 1. The van der Waals surface area contributed by atoms with Gasteiger partial charge in [-0.1, -0.05) is 6.07 Å². The van der Waals surface area contributed by atoms with Gasteiger partial charge in [-0.2, -0.15) is 0 Å². The molecule has 94 valence electrons. The van der Waals surface area contributed by atoms with E-state index in [9.17, 15) is 9.59 Å². The number of nitrogens with one attached hydrogen (secondary N) is 1. The van der Waals surface area contributed by atoms with Crippen LogP contribution in [0, 0.1) is 6.92 Å². The quantitative estimate of drug-likeness (QED) is 0.888. The van der Waals surface area contributed by atoms with Crippen molar-refractivity contribution >= 4 is 34.5 Å². The second kappa shape index (κ2) is 5.28. The van der Waals surface area contributed by atoms with E-state index in [0.29, 0.717) is 10.6 Å². The highest BCUT2D eigenvalue weighted by Gasteiger charge is 2.16. The van der Waals surface area contributed by atoms with Gasteiger partial charge >= 0.3 is 0 Å². The summed E-state index contributed by atoms with van der Waals surface area (Å²) >= 11 is 2.88. The monoisotopic (exact) mass is 281 g/mol. The van der Waals surface area contributed by atoms with Crippen LogP contribution >= 0.6 is 22.7 Å². The van der Waals surface area contributed by atoms with Crippen molar-refractivity contribution in [2.24, 2.45) is 5.73 Å². The molecule has 2 rings (SSSR count). The Hall–Kier alpha value is -1.73. The number of thiazole rings is 1. The van der Waals surface area contributed by atoms with Gasteiger partial charge in [0.25, 0.3) is 5.91 Å². The standard InChI is InChI=1S/C11H11N3O2S2/c1-6-9(10(16)13-5-8(12)15)18-11(14-6)7-3-2-4-17-7/h2-4H,5H2,1H3,(H2,12,15)(H,13,16). The molecular weight excluding hydrogens is 270 g/mol. The zero-order chi connectivity index (χ0) is 13.1. The number of nitrogens with zero attached hydrogens (tertiary/aromatic N) is 1. The molecule has 7 heteroatoms. The van der Waals surface area contributed by atoms with Gasteiger partial charge in [0.2, 0.25) is 5.91 Å². The predicted molar refractivity (Wildman–Crippen MR) is 71.7 cm³/mol. The van der Waals surface area contributed by atoms with Gasteiger partial charge in [0, 0.05) is 0 Å². The second-order valence-electron chi connectivity index (χ2n) is 3.56. The summed E-state index contributed by atoms with van der Waals surface area (Å²) in [7, 11) is 0. The van der Waals surface area contributed by atoms with E-state index in [-0.39, 0.29) is 12.5 Å². The Bertz CT molecular complexity index is 575. The molecule has 0 unspecified atom stereocenters. The molecule has 0 aromatic carbocycles. The number of aryl methyl sites for hydroxylation is 1. The molecule has 2 amide bonds. The normalized spacial score (nSPS) is 10.3. The summed E-state index contributed by atoms with van der Waals surface area (Å²) < 4.78 is 0. The Labute approximate surface area is 112 Å². The highest BCUT2D eigenvalue weighted by Crippen LogP contribution is 2.30. The summed E-state index contributed by atoms with van der Waals surface area (Å²) in [5.74, 6) is -0.879. The smallest absolute Gasteiger partial charge is 0.263 e. The SMILES string of the molecule is Cc1nc(-c2cccs2)sc1C(=O)NCC(N)=O. The fraction of sp³-hybridized carbons (Fsp3) is 0.182. The molecule has 0 fully saturated rings. The molecule has 0 radical (unpaired) electrons. The molecule has 0 saturated heterocycles. The van der Waals surface area contributed by atoms with Crippen molar-refractivity contribution in [3.05, 3.63) is 28.1 Å². The third-order valence-electron chi connectivity index (χ3n) is 2.16. The molecule has 0 bridgehead atoms. The Morgan fingerprint density at radius 1 is 1.50 bits per heavy atom. The molecule has 2 aromatic heterocycles. The van der Waals surface area contributed by atoms with Gasteiger partial charge in [0.05, 0.1) is 17.1 Å². The number of carbonyl (C=O) groups is 2. The summed E-state index contributed by atoms with van der Waals surface area (Å²) in [6, 6.07) is 3.89. The topological polar surface area (TPSA) is 85.1 Å². The zero-order valence-corrected chi connectivity index (χ0v) is 11.2. The summed E-state index contributed by atoms with van der Waals surface area (Å²) in [6.45, 7) is 1.61. The average molecular weight is 281 g/mol. The van der Waals surface area contributed by atoms with Gasteiger partial charge in [0.1, 0.15) is 9.88 Å². The van der Waals surface area contributed by atoms with Crippen LogP contribution in [0.3, 0.4) is 0 Å². The molecule has 2 aromatic rings.